The van der Waals surface area contributed by atoms with E-state index >= 15 is 0 Å². The van der Waals surface area contributed by atoms with Gasteiger partial charge in [-0.25, -0.2) is 0 Å². The molecule has 1 N–H and O–H groups in total. The first-order valence-corrected chi connectivity index (χ1v) is 6.81. The Morgan fingerprint density at radius 2 is 1.95 bits per heavy atom. The summed E-state index contributed by atoms with van der Waals surface area (Å²) in [5.74, 6) is 0.926. The molecule has 3 heteroatoms. The van der Waals surface area contributed by atoms with Crippen molar-refractivity contribution >= 4 is 11.6 Å². The molecule has 98 valence electrons. The molecule has 2 aromatic rings. The van der Waals surface area contributed by atoms with Gasteiger partial charge in [-0.2, -0.15) is 0 Å². The first-order valence-electron chi connectivity index (χ1n) is 6.43. The average molecular weight is 274 g/mol. The minimum absolute atomic E-state index is 0.243. The van der Waals surface area contributed by atoms with Crippen molar-refractivity contribution in [2.24, 2.45) is 0 Å². The van der Waals surface area contributed by atoms with Gasteiger partial charge in [0.25, 0.3) is 0 Å². The smallest absolute Gasteiger partial charge is 0.119 e. The third-order valence-corrected chi connectivity index (χ3v) is 3.86. The zero-order valence-corrected chi connectivity index (χ0v) is 11.6. The van der Waals surface area contributed by atoms with E-state index < -0.39 is 0 Å². The number of fused-ring (bicyclic) bond motifs is 1. The Hall–Kier alpha value is -1.51. The maximum absolute atomic E-state index is 5.95. The molecule has 0 fully saturated rings. The second-order valence-electron chi connectivity index (χ2n) is 4.75. The summed E-state index contributed by atoms with van der Waals surface area (Å²) in [6.45, 7) is 0.980. The van der Waals surface area contributed by atoms with Crippen LogP contribution in [-0.2, 0) is 6.42 Å². The van der Waals surface area contributed by atoms with Gasteiger partial charge in [0.2, 0.25) is 0 Å². The van der Waals surface area contributed by atoms with Crippen LogP contribution < -0.4 is 10.1 Å². The topological polar surface area (TPSA) is 21.3 Å². The Balaban J connectivity index is 2.00. The van der Waals surface area contributed by atoms with Crippen molar-refractivity contribution in [3.63, 3.8) is 0 Å². The number of hydrogen-bond donors (Lipinski definition) is 1. The van der Waals surface area contributed by atoms with Gasteiger partial charge < -0.3 is 10.1 Å². The lowest BCUT2D eigenvalue weighted by Gasteiger charge is -2.27. The van der Waals surface area contributed by atoms with Gasteiger partial charge >= 0.3 is 0 Å². The molecule has 1 atom stereocenters. The summed E-state index contributed by atoms with van der Waals surface area (Å²) in [5, 5.41) is 4.34. The highest BCUT2D eigenvalue weighted by molar-refractivity contribution is 6.30. The molecule has 0 radical (unpaired) electrons. The molecule has 1 aliphatic rings. The highest BCUT2D eigenvalue weighted by atomic mass is 35.5. The molecule has 0 spiro atoms. The van der Waals surface area contributed by atoms with Gasteiger partial charge in [-0.3, -0.25) is 0 Å². The lowest BCUT2D eigenvalue weighted by molar-refractivity contribution is 0.413. The monoisotopic (exact) mass is 273 g/mol. The molecule has 1 aliphatic heterocycles. The molecule has 19 heavy (non-hydrogen) atoms. The number of benzene rings is 2. The van der Waals surface area contributed by atoms with Crippen molar-refractivity contribution in [2.75, 3.05) is 13.7 Å². The van der Waals surface area contributed by atoms with Crippen molar-refractivity contribution < 1.29 is 4.74 Å². The summed E-state index contributed by atoms with van der Waals surface area (Å²) in [5.41, 5.74) is 3.93. The Bertz CT molecular complexity index is 580. The van der Waals surface area contributed by atoms with E-state index in [1.807, 2.05) is 18.2 Å². The van der Waals surface area contributed by atoms with E-state index in [1.165, 1.54) is 16.7 Å². The Kier molecular flexibility index (Phi) is 3.45. The van der Waals surface area contributed by atoms with Gasteiger partial charge in [0.05, 0.1) is 13.2 Å². The van der Waals surface area contributed by atoms with Crippen LogP contribution in [0.3, 0.4) is 0 Å². The summed E-state index contributed by atoms with van der Waals surface area (Å²) >= 11 is 5.95. The number of nitrogens with one attached hydrogen (secondary N) is 1. The van der Waals surface area contributed by atoms with Crippen molar-refractivity contribution in [3.8, 4) is 5.75 Å². The summed E-state index contributed by atoms with van der Waals surface area (Å²) in [6.07, 6.45) is 1.04. The third kappa shape index (κ3) is 2.46. The SMILES string of the molecule is COc1ccc2c(c1)CCN[C@H]2c1ccc(Cl)cc1. The normalized spacial score (nSPS) is 17.9. The molecule has 1 heterocycles. The number of hydrogen-bond acceptors (Lipinski definition) is 2. The van der Waals surface area contributed by atoms with E-state index in [-0.39, 0.29) is 6.04 Å². The number of methoxy groups -OCH3 is 1. The zero-order chi connectivity index (χ0) is 13.2. The Morgan fingerprint density at radius 3 is 2.68 bits per heavy atom. The number of halogens is 1. The van der Waals surface area contributed by atoms with E-state index in [1.54, 1.807) is 7.11 Å². The molecule has 0 unspecified atom stereocenters. The van der Waals surface area contributed by atoms with Crippen LogP contribution in [0.4, 0.5) is 0 Å². The summed E-state index contributed by atoms with van der Waals surface area (Å²) in [7, 11) is 1.71. The van der Waals surface area contributed by atoms with Gasteiger partial charge in [-0.1, -0.05) is 29.8 Å². The summed E-state index contributed by atoms with van der Waals surface area (Å²) in [6, 6.07) is 14.6. The van der Waals surface area contributed by atoms with E-state index in [4.69, 9.17) is 16.3 Å². The lowest BCUT2D eigenvalue weighted by atomic mass is 9.90. The Morgan fingerprint density at radius 1 is 1.16 bits per heavy atom. The van der Waals surface area contributed by atoms with Crippen LogP contribution in [0.1, 0.15) is 22.7 Å². The summed E-state index contributed by atoms with van der Waals surface area (Å²) in [4.78, 5) is 0. The van der Waals surface area contributed by atoms with Crippen molar-refractivity contribution in [3.05, 3.63) is 64.2 Å². The maximum atomic E-state index is 5.95. The molecule has 0 amide bonds. The second-order valence-corrected chi connectivity index (χ2v) is 5.19. The predicted molar refractivity (Wildman–Crippen MR) is 78.0 cm³/mol. The quantitative estimate of drug-likeness (QED) is 0.903. The van der Waals surface area contributed by atoms with Gasteiger partial charge in [0, 0.05) is 11.6 Å². The molecule has 0 aliphatic carbocycles. The van der Waals surface area contributed by atoms with Crippen molar-refractivity contribution in [2.45, 2.75) is 12.5 Å². The molecular weight excluding hydrogens is 258 g/mol. The van der Waals surface area contributed by atoms with Gasteiger partial charge in [0.15, 0.2) is 0 Å². The van der Waals surface area contributed by atoms with Crippen LogP contribution in [0.15, 0.2) is 42.5 Å². The highest BCUT2D eigenvalue weighted by Gasteiger charge is 2.21. The van der Waals surface area contributed by atoms with Gasteiger partial charge in [-0.15, -0.1) is 0 Å². The molecule has 2 nitrogen and oxygen atoms in total. The Labute approximate surface area is 118 Å². The van der Waals surface area contributed by atoms with E-state index in [9.17, 15) is 0 Å². The molecule has 0 bridgehead atoms. The van der Waals surface area contributed by atoms with Gasteiger partial charge in [0.1, 0.15) is 5.75 Å². The maximum Gasteiger partial charge on any atom is 0.119 e. The van der Waals surface area contributed by atoms with E-state index in [2.05, 4.69) is 29.6 Å². The first kappa shape index (κ1) is 12.5. The summed E-state index contributed by atoms with van der Waals surface area (Å²) < 4.78 is 5.30. The number of ether oxygens (including phenoxy) is 1. The fraction of sp³-hybridized carbons (Fsp3) is 0.250. The van der Waals surface area contributed by atoms with Crippen molar-refractivity contribution in [1.82, 2.24) is 5.32 Å². The van der Waals surface area contributed by atoms with Crippen LogP contribution in [-0.4, -0.2) is 13.7 Å². The highest BCUT2D eigenvalue weighted by Crippen LogP contribution is 2.31. The molecular formula is C16H16ClNO. The lowest BCUT2D eigenvalue weighted by Crippen LogP contribution is -2.30. The molecule has 0 saturated carbocycles. The number of rotatable bonds is 2. The first-order chi connectivity index (χ1) is 9.28. The van der Waals surface area contributed by atoms with Crippen LogP contribution in [0.25, 0.3) is 0 Å². The third-order valence-electron chi connectivity index (χ3n) is 3.61. The molecule has 0 saturated heterocycles. The van der Waals surface area contributed by atoms with E-state index in [0.717, 1.165) is 23.7 Å². The molecule has 0 aromatic heterocycles. The zero-order valence-electron chi connectivity index (χ0n) is 10.8. The standard InChI is InChI=1S/C16H16ClNO/c1-19-14-6-7-15-12(10-14)8-9-18-16(15)11-2-4-13(17)5-3-11/h2-7,10,16,18H,8-9H2,1H3/t16-/m0/s1. The predicted octanol–water partition coefficient (Wildman–Crippen LogP) is 3.58. The largest absolute Gasteiger partial charge is 0.497 e. The average Bonchev–Trinajstić information content (AvgIpc) is 2.47. The second kappa shape index (κ2) is 5.24. The molecule has 3 rings (SSSR count). The van der Waals surface area contributed by atoms with Crippen LogP contribution in [0.5, 0.6) is 5.75 Å². The van der Waals surface area contributed by atoms with Crippen LogP contribution >= 0.6 is 11.6 Å². The van der Waals surface area contributed by atoms with Crippen LogP contribution in [0, 0.1) is 0 Å². The molecule has 2 aromatic carbocycles. The fourth-order valence-electron chi connectivity index (χ4n) is 2.62. The minimum Gasteiger partial charge on any atom is -0.497 e. The fourth-order valence-corrected chi connectivity index (χ4v) is 2.75. The van der Waals surface area contributed by atoms with Gasteiger partial charge in [-0.05, 0) is 47.4 Å². The van der Waals surface area contributed by atoms with E-state index in [0.29, 0.717) is 0 Å². The van der Waals surface area contributed by atoms with Crippen molar-refractivity contribution in [1.29, 1.82) is 0 Å². The minimum atomic E-state index is 0.243. The van der Waals surface area contributed by atoms with Crippen LogP contribution in [0.2, 0.25) is 5.02 Å².